The predicted octanol–water partition coefficient (Wildman–Crippen LogP) is -3.54. The summed E-state index contributed by atoms with van der Waals surface area (Å²) in [6.45, 7) is 7.20. The van der Waals surface area contributed by atoms with E-state index in [1.54, 1.807) is 13.8 Å². The lowest BCUT2D eigenvalue weighted by atomic mass is 10.0. The Balaban J connectivity index is 2.47. The van der Waals surface area contributed by atoms with Crippen molar-refractivity contribution >= 4 is 47.3 Å². The van der Waals surface area contributed by atoms with E-state index in [2.05, 4.69) is 42.5 Å². The normalized spacial score (nSPS) is 16.2. The zero-order chi connectivity index (χ0) is 33.4. The van der Waals surface area contributed by atoms with Crippen molar-refractivity contribution in [2.24, 2.45) is 11.8 Å². The molecule has 0 aliphatic carbocycles. The van der Waals surface area contributed by atoms with Gasteiger partial charge >= 0.3 is 5.97 Å². The Morgan fingerprint density at radius 1 is 0.705 bits per heavy atom. The predicted molar refractivity (Wildman–Crippen MR) is 156 cm³/mol. The highest BCUT2D eigenvalue weighted by atomic mass is 16.4. The molecular formula is C27H46N8O9. The van der Waals surface area contributed by atoms with Gasteiger partial charge in [-0.2, -0.15) is 0 Å². The molecular weight excluding hydrogens is 580 g/mol. The van der Waals surface area contributed by atoms with Crippen molar-refractivity contribution in [2.75, 3.05) is 32.7 Å². The van der Waals surface area contributed by atoms with Crippen LogP contribution in [0.2, 0.25) is 0 Å². The second kappa shape index (κ2) is 19.1. The molecule has 44 heavy (non-hydrogen) atoms. The molecule has 17 nitrogen and oxygen atoms in total. The Kier molecular flexibility index (Phi) is 16.4. The fraction of sp³-hybridized carbons (Fsp3) is 0.704. The molecule has 1 aliphatic heterocycles. The van der Waals surface area contributed by atoms with Crippen LogP contribution >= 0.6 is 0 Å². The molecule has 4 atom stereocenters. The van der Waals surface area contributed by atoms with Crippen LogP contribution < -0.4 is 42.5 Å². The van der Waals surface area contributed by atoms with Gasteiger partial charge in [0, 0.05) is 0 Å². The van der Waals surface area contributed by atoms with Gasteiger partial charge in [0.2, 0.25) is 41.4 Å². The van der Waals surface area contributed by atoms with Gasteiger partial charge in [0.15, 0.2) is 0 Å². The van der Waals surface area contributed by atoms with Gasteiger partial charge < -0.3 is 47.6 Å². The Labute approximate surface area is 256 Å². The third-order valence-corrected chi connectivity index (χ3v) is 6.46. The van der Waals surface area contributed by atoms with Crippen LogP contribution in [-0.2, 0) is 38.4 Å². The Morgan fingerprint density at radius 2 is 1.30 bits per heavy atom. The van der Waals surface area contributed by atoms with Crippen LogP contribution in [0.3, 0.4) is 0 Å². The van der Waals surface area contributed by atoms with E-state index in [0.717, 1.165) is 13.0 Å². The molecule has 248 valence electrons. The van der Waals surface area contributed by atoms with Crippen LogP contribution in [0.1, 0.15) is 53.9 Å². The van der Waals surface area contributed by atoms with Gasteiger partial charge in [-0.05, 0) is 44.6 Å². The SMILES string of the molecule is CC(C)C[C@H](NC(=O)[C@H](C)NC(=O)CNC(=O)CNC(=O)[C@@H](NC(=O)CNC(=O)[C@@H]1CCCN1)C(C)C)C(=O)NCC(=O)O. The summed E-state index contributed by atoms with van der Waals surface area (Å²) in [4.78, 5) is 97.0. The number of hydrogen-bond donors (Lipinski definition) is 9. The summed E-state index contributed by atoms with van der Waals surface area (Å²) in [7, 11) is 0. The molecule has 17 heteroatoms. The third-order valence-electron chi connectivity index (χ3n) is 6.46. The van der Waals surface area contributed by atoms with E-state index in [0.29, 0.717) is 6.42 Å². The number of hydrogen-bond acceptors (Lipinski definition) is 9. The summed E-state index contributed by atoms with van der Waals surface area (Å²) in [6, 6.07) is -3.43. The van der Waals surface area contributed by atoms with E-state index in [4.69, 9.17) is 5.11 Å². The Hall–Kier alpha value is -4.28. The van der Waals surface area contributed by atoms with Crippen molar-refractivity contribution in [1.29, 1.82) is 0 Å². The van der Waals surface area contributed by atoms with Crippen LogP contribution in [-0.4, -0.2) is 109 Å². The Morgan fingerprint density at radius 3 is 1.86 bits per heavy atom. The first-order valence-corrected chi connectivity index (χ1v) is 14.5. The molecule has 0 radical (unpaired) electrons. The fourth-order valence-corrected chi connectivity index (χ4v) is 4.12. The third kappa shape index (κ3) is 14.8. The average molecular weight is 627 g/mol. The highest BCUT2D eigenvalue weighted by Gasteiger charge is 2.27. The molecule has 0 aromatic rings. The maximum Gasteiger partial charge on any atom is 0.322 e. The first-order valence-electron chi connectivity index (χ1n) is 14.5. The topological polar surface area (TPSA) is 253 Å². The molecule has 0 aromatic carbocycles. The summed E-state index contributed by atoms with van der Waals surface area (Å²) in [5.74, 6) is -5.87. The van der Waals surface area contributed by atoms with Gasteiger partial charge in [-0.15, -0.1) is 0 Å². The average Bonchev–Trinajstić information content (AvgIpc) is 3.49. The van der Waals surface area contributed by atoms with E-state index in [-0.39, 0.29) is 36.8 Å². The van der Waals surface area contributed by atoms with Crippen molar-refractivity contribution in [2.45, 2.75) is 78.0 Å². The van der Waals surface area contributed by atoms with Crippen molar-refractivity contribution < 1.29 is 43.5 Å². The second-order valence-corrected chi connectivity index (χ2v) is 11.2. The summed E-state index contributed by atoms with van der Waals surface area (Å²) in [5.41, 5.74) is 0. The quantitative estimate of drug-likeness (QED) is 0.0724. The summed E-state index contributed by atoms with van der Waals surface area (Å²) < 4.78 is 0. The highest BCUT2D eigenvalue weighted by Crippen LogP contribution is 2.06. The van der Waals surface area contributed by atoms with Gasteiger partial charge in [0.1, 0.15) is 24.7 Å². The van der Waals surface area contributed by atoms with E-state index in [9.17, 15) is 38.4 Å². The smallest absolute Gasteiger partial charge is 0.322 e. The maximum atomic E-state index is 12.6. The number of nitrogens with one attached hydrogen (secondary N) is 8. The van der Waals surface area contributed by atoms with E-state index in [1.807, 2.05) is 13.8 Å². The van der Waals surface area contributed by atoms with Crippen LogP contribution in [0.15, 0.2) is 0 Å². The monoisotopic (exact) mass is 626 g/mol. The maximum absolute atomic E-state index is 12.6. The summed E-state index contributed by atoms with van der Waals surface area (Å²) in [6.07, 6.45) is 1.78. The summed E-state index contributed by atoms with van der Waals surface area (Å²) in [5, 5.41) is 28.6. The van der Waals surface area contributed by atoms with E-state index < -0.39 is 79.2 Å². The second-order valence-electron chi connectivity index (χ2n) is 11.2. The number of carboxylic acids is 1. The largest absolute Gasteiger partial charge is 0.480 e. The lowest BCUT2D eigenvalue weighted by Gasteiger charge is -2.22. The first-order chi connectivity index (χ1) is 20.6. The minimum atomic E-state index is -1.24. The minimum Gasteiger partial charge on any atom is -0.480 e. The molecule has 9 N–H and O–H groups in total. The number of carboxylic acid groups (broad SMARTS) is 1. The van der Waals surface area contributed by atoms with Crippen molar-refractivity contribution in [1.82, 2.24) is 42.5 Å². The van der Waals surface area contributed by atoms with Crippen molar-refractivity contribution in [3.8, 4) is 0 Å². The lowest BCUT2D eigenvalue weighted by Crippen LogP contribution is -2.55. The molecule has 7 amide bonds. The Bertz CT molecular complexity index is 1060. The number of carbonyl (C=O) groups is 8. The first kappa shape index (κ1) is 37.7. The molecule has 1 aliphatic rings. The molecule has 0 aromatic heterocycles. The fourth-order valence-electron chi connectivity index (χ4n) is 4.12. The zero-order valence-corrected chi connectivity index (χ0v) is 25.8. The molecule has 0 unspecified atom stereocenters. The molecule has 1 heterocycles. The lowest BCUT2D eigenvalue weighted by molar-refractivity contribution is -0.138. The number of carbonyl (C=O) groups excluding carboxylic acids is 7. The standard InChI is InChI=1S/C27H46N8O9/c1-14(2)9-18(26(43)32-13-22(39)40)34-24(41)16(5)33-20(37)11-29-19(36)10-31-27(44)23(15(3)4)35-21(38)12-30-25(42)17-7-6-8-28-17/h14-18,23,28H,6-13H2,1-5H3,(H,29,36)(H,30,42)(H,31,44)(H,32,43)(H,33,37)(H,34,41)(H,35,38)(H,39,40)/t16-,17-,18-,23-/m0/s1. The van der Waals surface area contributed by atoms with Gasteiger partial charge in [0.05, 0.1) is 25.7 Å². The number of aliphatic carboxylic acids is 1. The van der Waals surface area contributed by atoms with Gasteiger partial charge in [0.25, 0.3) is 0 Å². The molecule has 1 rings (SSSR count). The molecule has 0 saturated carbocycles. The minimum absolute atomic E-state index is 0.00437. The van der Waals surface area contributed by atoms with Gasteiger partial charge in [-0.25, -0.2) is 0 Å². The highest BCUT2D eigenvalue weighted by molar-refractivity contribution is 5.95. The molecule has 0 bridgehead atoms. The van der Waals surface area contributed by atoms with E-state index >= 15 is 0 Å². The van der Waals surface area contributed by atoms with Crippen LogP contribution in [0.25, 0.3) is 0 Å². The summed E-state index contributed by atoms with van der Waals surface area (Å²) >= 11 is 0. The van der Waals surface area contributed by atoms with Crippen LogP contribution in [0.5, 0.6) is 0 Å². The van der Waals surface area contributed by atoms with Gasteiger partial charge in [-0.1, -0.05) is 27.7 Å². The number of amides is 7. The van der Waals surface area contributed by atoms with E-state index in [1.165, 1.54) is 6.92 Å². The number of rotatable bonds is 18. The molecule has 1 saturated heterocycles. The van der Waals surface area contributed by atoms with Crippen molar-refractivity contribution in [3.63, 3.8) is 0 Å². The van der Waals surface area contributed by atoms with Gasteiger partial charge in [-0.3, -0.25) is 38.4 Å². The molecule has 1 fully saturated rings. The molecule has 0 spiro atoms. The van der Waals surface area contributed by atoms with Crippen molar-refractivity contribution in [3.05, 3.63) is 0 Å². The van der Waals surface area contributed by atoms with Crippen LogP contribution in [0.4, 0.5) is 0 Å². The zero-order valence-electron chi connectivity index (χ0n) is 25.8. The van der Waals surface area contributed by atoms with Crippen LogP contribution in [0, 0.1) is 11.8 Å².